The number of benzene rings is 1. The molecule has 88 valence electrons. The van der Waals surface area contributed by atoms with Gasteiger partial charge in [-0.05, 0) is 41.1 Å². The van der Waals surface area contributed by atoms with Crippen molar-refractivity contribution < 1.29 is 4.79 Å². The molecule has 0 aliphatic carbocycles. The highest BCUT2D eigenvalue weighted by Crippen LogP contribution is 2.33. The minimum Gasteiger partial charge on any atom is -0.281 e. The number of halogens is 3. The first kappa shape index (κ1) is 13.8. The molecular formula is C12H13Cl3O. The van der Waals surface area contributed by atoms with Crippen LogP contribution in [0.1, 0.15) is 32.3 Å². The van der Waals surface area contributed by atoms with Crippen molar-refractivity contribution in [2.75, 3.05) is 0 Å². The van der Waals surface area contributed by atoms with Gasteiger partial charge in [0.05, 0.1) is 10.0 Å². The van der Waals surface area contributed by atoms with E-state index in [9.17, 15) is 4.79 Å². The van der Waals surface area contributed by atoms with Crippen molar-refractivity contribution in [3.05, 3.63) is 33.8 Å². The summed E-state index contributed by atoms with van der Waals surface area (Å²) in [5, 5.41) is 0.757. The van der Waals surface area contributed by atoms with Gasteiger partial charge < -0.3 is 0 Å². The standard InChI is InChI=1S/C12H13Cl3O/c1-12(2,6-5-11(15)16)8-3-4-9(13)10(14)7-8/h3-4,7H,5-6H2,1-2H3. The van der Waals surface area contributed by atoms with Crippen LogP contribution < -0.4 is 0 Å². The van der Waals surface area contributed by atoms with E-state index in [2.05, 4.69) is 0 Å². The summed E-state index contributed by atoms with van der Waals surface area (Å²) in [7, 11) is 0. The van der Waals surface area contributed by atoms with Crippen LogP contribution in [-0.4, -0.2) is 5.24 Å². The van der Waals surface area contributed by atoms with Crippen molar-refractivity contribution in [1.82, 2.24) is 0 Å². The summed E-state index contributed by atoms with van der Waals surface area (Å²) in [5.74, 6) is 0. The largest absolute Gasteiger partial charge is 0.281 e. The lowest BCUT2D eigenvalue weighted by Gasteiger charge is -2.25. The monoisotopic (exact) mass is 278 g/mol. The molecule has 1 nitrogen and oxygen atoms in total. The van der Waals surface area contributed by atoms with Gasteiger partial charge >= 0.3 is 0 Å². The predicted octanol–water partition coefficient (Wildman–Crippen LogP) is 4.82. The van der Waals surface area contributed by atoms with Crippen LogP contribution in [0, 0.1) is 0 Å². The van der Waals surface area contributed by atoms with Crippen LogP contribution in [0.15, 0.2) is 18.2 Å². The molecule has 0 atom stereocenters. The fourth-order valence-electron chi connectivity index (χ4n) is 1.47. The van der Waals surface area contributed by atoms with Gasteiger partial charge in [0.2, 0.25) is 5.24 Å². The first-order chi connectivity index (χ1) is 7.33. The molecule has 4 heteroatoms. The van der Waals surface area contributed by atoms with Crippen LogP contribution in [0.3, 0.4) is 0 Å². The highest BCUT2D eigenvalue weighted by molar-refractivity contribution is 6.63. The van der Waals surface area contributed by atoms with Crippen molar-refractivity contribution in [3.8, 4) is 0 Å². The number of carbonyl (C=O) groups excluding carboxylic acids is 1. The number of rotatable bonds is 4. The predicted molar refractivity (Wildman–Crippen MR) is 69.6 cm³/mol. The molecule has 0 radical (unpaired) electrons. The van der Waals surface area contributed by atoms with Crippen LogP contribution in [0.25, 0.3) is 0 Å². The molecule has 0 amide bonds. The minimum atomic E-state index is -0.312. The molecule has 0 N–H and O–H groups in total. The molecule has 0 aliphatic heterocycles. The minimum absolute atomic E-state index is 0.140. The maximum absolute atomic E-state index is 10.8. The summed E-state index contributed by atoms with van der Waals surface area (Å²) < 4.78 is 0. The lowest BCUT2D eigenvalue weighted by atomic mass is 9.81. The first-order valence-corrected chi connectivity index (χ1v) is 6.10. The maximum Gasteiger partial charge on any atom is 0.221 e. The third-order valence-electron chi connectivity index (χ3n) is 2.65. The number of hydrogen-bond acceptors (Lipinski definition) is 1. The zero-order chi connectivity index (χ0) is 12.3. The summed E-state index contributed by atoms with van der Waals surface area (Å²) in [5.41, 5.74) is 0.915. The second kappa shape index (κ2) is 5.39. The quantitative estimate of drug-likeness (QED) is 0.722. The Bertz CT molecular complexity index is 399. The number of carbonyl (C=O) groups is 1. The molecule has 0 aliphatic rings. The SMILES string of the molecule is CC(C)(CCC(=O)Cl)c1ccc(Cl)c(Cl)c1. The van der Waals surface area contributed by atoms with E-state index in [1.165, 1.54) is 0 Å². The normalized spacial score (nSPS) is 11.6. The fourth-order valence-corrected chi connectivity index (χ4v) is 1.86. The third-order valence-corrected chi connectivity index (χ3v) is 3.58. The Morgan fingerprint density at radius 3 is 2.38 bits per heavy atom. The van der Waals surface area contributed by atoms with E-state index in [1.54, 1.807) is 6.07 Å². The van der Waals surface area contributed by atoms with Crippen molar-refractivity contribution in [3.63, 3.8) is 0 Å². The molecule has 0 spiro atoms. The summed E-state index contributed by atoms with van der Waals surface area (Å²) in [6, 6.07) is 5.53. The summed E-state index contributed by atoms with van der Waals surface area (Å²) in [4.78, 5) is 10.8. The number of hydrogen-bond donors (Lipinski definition) is 0. The Balaban J connectivity index is 2.88. The Morgan fingerprint density at radius 1 is 1.25 bits per heavy atom. The average molecular weight is 280 g/mol. The van der Waals surface area contributed by atoms with Crippen LogP contribution in [0.2, 0.25) is 10.0 Å². The Morgan fingerprint density at radius 2 is 1.88 bits per heavy atom. The zero-order valence-electron chi connectivity index (χ0n) is 9.19. The summed E-state index contributed by atoms with van der Waals surface area (Å²) in [6.07, 6.45) is 1.04. The van der Waals surface area contributed by atoms with Crippen molar-refractivity contribution >= 4 is 40.0 Å². The van der Waals surface area contributed by atoms with Gasteiger partial charge in [-0.15, -0.1) is 0 Å². The van der Waals surface area contributed by atoms with E-state index in [-0.39, 0.29) is 10.7 Å². The molecule has 0 unspecified atom stereocenters. The van der Waals surface area contributed by atoms with Gasteiger partial charge in [0.25, 0.3) is 0 Å². The van der Waals surface area contributed by atoms with Gasteiger partial charge in [0.1, 0.15) is 0 Å². The second-order valence-corrected chi connectivity index (χ2v) is 5.60. The first-order valence-electron chi connectivity index (χ1n) is 4.97. The molecular weight excluding hydrogens is 266 g/mol. The maximum atomic E-state index is 10.8. The molecule has 0 fully saturated rings. The average Bonchev–Trinajstić information content (AvgIpc) is 2.19. The summed E-state index contributed by atoms with van der Waals surface area (Å²) in [6.45, 7) is 4.10. The van der Waals surface area contributed by atoms with Gasteiger partial charge in [0.15, 0.2) is 0 Å². The van der Waals surface area contributed by atoms with Gasteiger partial charge in [-0.1, -0.05) is 43.1 Å². The van der Waals surface area contributed by atoms with Gasteiger partial charge in [-0.25, -0.2) is 0 Å². The highest BCUT2D eigenvalue weighted by atomic mass is 35.5. The summed E-state index contributed by atoms with van der Waals surface area (Å²) >= 11 is 17.2. The van der Waals surface area contributed by atoms with Crippen LogP contribution in [0.4, 0.5) is 0 Å². The molecule has 1 aromatic carbocycles. The second-order valence-electron chi connectivity index (χ2n) is 4.37. The van der Waals surface area contributed by atoms with Gasteiger partial charge in [-0.3, -0.25) is 4.79 Å². The smallest absolute Gasteiger partial charge is 0.221 e. The van der Waals surface area contributed by atoms with E-state index in [1.807, 2.05) is 26.0 Å². The lowest BCUT2D eigenvalue weighted by Crippen LogP contribution is -2.17. The van der Waals surface area contributed by atoms with Crippen molar-refractivity contribution in [2.45, 2.75) is 32.1 Å². The molecule has 16 heavy (non-hydrogen) atoms. The van der Waals surface area contributed by atoms with Crippen LogP contribution >= 0.6 is 34.8 Å². The highest BCUT2D eigenvalue weighted by Gasteiger charge is 2.22. The Hall–Kier alpha value is -0.240. The van der Waals surface area contributed by atoms with Crippen LogP contribution in [-0.2, 0) is 10.2 Å². The van der Waals surface area contributed by atoms with Crippen molar-refractivity contribution in [1.29, 1.82) is 0 Å². The van der Waals surface area contributed by atoms with Crippen molar-refractivity contribution in [2.24, 2.45) is 0 Å². The molecule has 0 heterocycles. The van der Waals surface area contributed by atoms with E-state index in [4.69, 9.17) is 34.8 Å². The molecule has 1 aromatic rings. The lowest BCUT2D eigenvalue weighted by molar-refractivity contribution is -0.112. The van der Waals surface area contributed by atoms with Gasteiger partial charge in [0, 0.05) is 6.42 Å². The van der Waals surface area contributed by atoms with Gasteiger partial charge in [-0.2, -0.15) is 0 Å². The van der Waals surface area contributed by atoms with E-state index < -0.39 is 0 Å². The molecule has 1 rings (SSSR count). The fraction of sp³-hybridized carbons (Fsp3) is 0.417. The molecule has 0 saturated carbocycles. The van der Waals surface area contributed by atoms with Crippen LogP contribution in [0.5, 0.6) is 0 Å². The van der Waals surface area contributed by atoms with E-state index in [0.29, 0.717) is 22.9 Å². The molecule has 0 saturated heterocycles. The van der Waals surface area contributed by atoms with E-state index >= 15 is 0 Å². The Kier molecular flexibility index (Phi) is 4.66. The van der Waals surface area contributed by atoms with E-state index in [0.717, 1.165) is 5.56 Å². The Labute approximate surface area is 111 Å². The third kappa shape index (κ3) is 3.65. The topological polar surface area (TPSA) is 17.1 Å². The molecule has 0 bridgehead atoms. The zero-order valence-corrected chi connectivity index (χ0v) is 11.5. The molecule has 0 aromatic heterocycles.